The van der Waals surface area contributed by atoms with Gasteiger partial charge in [0.15, 0.2) is 0 Å². The van der Waals surface area contributed by atoms with Gasteiger partial charge in [0.05, 0.1) is 0 Å². The zero-order chi connectivity index (χ0) is 19.8. The van der Waals surface area contributed by atoms with Crippen molar-refractivity contribution in [2.45, 2.75) is 0 Å². The van der Waals surface area contributed by atoms with Crippen LogP contribution in [0.2, 0.25) is 0 Å². The Morgan fingerprint density at radius 2 is 1.10 bits per heavy atom. The van der Waals surface area contributed by atoms with Crippen LogP contribution in [-0.2, 0) is 0 Å². The Bertz CT molecular complexity index is 1330. The molecule has 5 rings (SSSR count). The summed E-state index contributed by atoms with van der Waals surface area (Å²) in [5.41, 5.74) is 4.54. The van der Waals surface area contributed by atoms with E-state index in [1.807, 2.05) is 54.6 Å². The van der Waals surface area contributed by atoms with E-state index in [0.29, 0.717) is 5.46 Å². The molecule has 0 atom stereocenters. The summed E-state index contributed by atoms with van der Waals surface area (Å²) in [6.45, 7) is 0. The number of rotatable bonds is 3. The Morgan fingerprint density at radius 3 is 1.86 bits per heavy atom. The molecule has 0 spiro atoms. The second kappa shape index (κ2) is 7.21. The molecule has 0 aliphatic heterocycles. The average Bonchev–Trinajstić information content (AvgIpc) is 2.79. The summed E-state index contributed by atoms with van der Waals surface area (Å²) in [5, 5.41) is 24.5. The van der Waals surface area contributed by atoms with Gasteiger partial charge >= 0.3 is 7.12 Å². The van der Waals surface area contributed by atoms with Crippen LogP contribution in [0.1, 0.15) is 0 Å². The minimum absolute atomic E-state index is 0.485. The van der Waals surface area contributed by atoms with Crippen LogP contribution in [0.15, 0.2) is 103 Å². The van der Waals surface area contributed by atoms with Gasteiger partial charge in [0.1, 0.15) is 0 Å². The van der Waals surface area contributed by atoms with Gasteiger partial charge in [-0.2, -0.15) is 0 Å². The van der Waals surface area contributed by atoms with Crippen LogP contribution in [0.25, 0.3) is 43.8 Å². The summed E-state index contributed by atoms with van der Waals surface area (Å²) in [7, 11) is -1.52. The van der Waals surface area contributed by atoms with Crippen molar-refractivity contribution in [2.75, 3.05) is 0 Å². The van der Waals surface area contributed by atoms with E-state index in [1.54, 1.807) is 0 Å². The SMILES string of the molecule is OB(O)c1cc(-c2ccccc2)cc(-c2cc3ccccc3c3ccccc23)c1. The van der Waals surface area contributed by atoms with Crippen LogP contribution in [-0.4, -0.2) is 17.2 Å². The normalized spacial score (nSPS) is 11.1. The molecule has 0 saturated carbocycles. The predicted molar refractivity (Wildman–Crippen MR) is 122 cm³/mol. The lowest BCUT2D eigenvalue weighted by molar-refractivity contribution is 0.426. The molecular weight excluding hydrogens is 355 g/mol. The first kappa shape index (κ1) is 17.7. The lowest BCUT2D eigenvalue weighted by Gasteiger charge is -2.14. The van der Waals surface area contributed by atoms with Crippen LogP contribution >= 0.6 is 0 Å². The molecule has 0 bridgehead atoms. The smallest absolute Gasteiger partial charge is 0.423 e. The maximum Gasteiger partial charge on any atom is 0.488 e. The largest absolute Gasteiger partial charge is 0.488 e. The van der Waals surface area contributed by atoms with Crippen molar-refractivity contribution in [3.63, 3.8) is 0 Å². The number of hydrogen-bond acceptors (Lipinski definition) is 2. The standard InChI is InChI=1S/C26H19BO2/c28-27(29)22-15-20(18-8-2-1-3-9-18)14-21(16-22)26-17-19-10-4-5-11-23(19)24-12-6-7-13-25(24)26/h1-17,28-29H. The van der Waals surface area contributed by atoms with Crippen LogP contribution in [0.3, 0.4) is 0 Å². The summed E-state index contributed by atoms with van der Waals surface area (Å²) >= 11 is 0. The Hall–Kier alpha value is -3.40. The van der Waals surface area contributed by atoms with Crippen LogP contribution in [0.5, 0.6) is 0 Å². The summed E-state index contributed by atoms with van der Waals surface area (Å²) in [6, 6.07) is 34.8. The molecule has 0 aliphatic carbocycles. The fourth-order valence-corrected chi connectivity index (χ4v) is 4.05. The molecule has 0 unspecified atom stereocenters. The zero-order valence-electron chi connectivity index (χ0n) is 15.8. The third kappa shape index (κ3) is 3.21. The van der Waals surface area contributed by atoms with Gasteiger partial charge in [0.2, 0.25) is 0 Å². The average molecular weight is 374 g/mol. The second-order valence-corrected chi connectivity index (χ2v) is 7.27. The summed E-state index contributed by atoms with van der Waals surface area (Å²) in [5.74, 6) is 0. The van der Waals surface area contributed by atoms with Crippen molar-refractivity contribution in [1.29, 1.82) is 0 Å². The third-order valence-electron chi connectivity index (χ3n) is 5.44. The van der Waals surface area contributed by atoms with Gasteiger partial charge in [-0.1, -0.05) is 91.0 Å². The minimum atomic E-state index is -1.52. The third-order valence-corrected chi connectivity index (χ3v) is 5.44. The van der Waals surface area contributed by atoms with Crippen molar-refractivity contribution in [1.82, 2.24) is 0 Å². The Morgan fingerprint density at radius 1 is 0.483 bits per heavy atom. The monoisotopic (exact) mass is 374 g/mol. The van der Waals surface area contributed by atoms with E-state index in [0.717, 1.165) is 33.0 Å². The van der Waals surface area contributed by atoms with Gasteiger partial charge in [-0.3, -0.25) is 0 Å². The van der Waals surface area contributed by atoms with Crippen LogP contribution < -0.4 is 5.46 Å². The highest BCUT2D eigenvalue weighted by atomic mass is 16.4. The van der Waals surface area contributed by atoms with Crippen LogP contribution in [0, 0.1) is 0 Å². The van der Waals surface area contributed by atoms with Crippen molar-refractivity contribution >= 4 is 34.1 Å². The van der Waals surface area contributed by atoms with Gasteiger partial charge in [0, 0.05) is 0 Å². The van der Waals surface area contributed by atoms with E-state index in [4.69, 9.17) is 0 Å². The van der Waals surface area contributed by atoms with Gasteiger partial charge in [-0.05, 0) is 61.4 Å². The minimum Gasteiger partial charge on any atom is -0.423 e. The van der Waals surface area contributed by atoms with E-state index in [1.165, 1.54) is 10.8 Å². The molecule has 5 aromatic carbocycles. The first-order valence-electron chi connectivity index (χ1n) is 9.68. The second-order valence-electron chi connectivity index (χ2n) is 7.27. The number of fused-ring (bicyclic) bond motifs is 3. The van der Waals surface area contributed by atoms with Crippen molar-refractivity contribution in [2.24, 2.45) is 0 Å². The van der Waals surface area contributed by atoms with E-state index in [2.05, 4.69) is 48.5 Å². The highest BCUT2D eigenvalue weighted by molar-refractivity contribution is 6.58. The lowest BCUT2D eigenvalue weighted by atomic mass is 9.77. The zero-order valence-corrected chi connectivity index (χ0v) is 15.8. The highest BCUT2D eigenvalue weighted by Crippen LogP contribution is 2.36. The van der Waals surface area contributed by atoms with Gasteiger partial charge in [-0.25, -0.2) is 0 Å². The molecule has 0 aliphatic rings. The van der Waals surface area contributed by atoms with E-state index in [9.17, 15) is 10.0 Å². The molecule has 0 radical (unpaired) electrons. The fraction of sp³-hybridized carbons (Fsp3) is 0. The highest BCUT2D eigenvalue weighted by Gasteiger charge is 2.16. The maximum atomic E-state index is 9.91. The molecule has 0 amide bonds. The fourth-order valence-electron chi connectivity index (χ4n) is 4.05. The molecule has 0 aromatic heterocycles. The number of hydrogen-bond donors (Lipinski definition) is 2. The van der Waals surface area contributed by atoms with Crippen molar-refractivity contribution < 1.29 is 10.0 Å². The molecule has 0 fully saturated rings. The summed E-state index contributed by atoms with van der Waals surface area (Å²) < 4.78 is 0. The van der Waals surface area contributed by atoms with Gasteiger partial charge in [-0.15, -0.1) is 0 Å². The molecular formula is C26H19BO2. The lowest BCUT2D eigenvalue weighted by Crippen LogP contribution is -2.29. The molecule has 0 heterocycles. The molecule has 29 heavy (non-hydrogen) atoms. The number of benzene rings is 5. The molecule has 0 saturated heterocycles. The van der Waals surface area contributed by atoms with E-state index >= 15 is 0 Å². The van der Waals surface area contributed by atoms with E-state index in [-0.39, 0.29) is 0 Å². The van der Waals surface area contributed by atoms with Crippen molar-refractivity contribution in [3.05, 3.63) is 103 Å². The Balaban J connectivity index is 1.83. The topological polar surface area (TPSA) is 40.5 Å². The summed E-state index contributed by atoms with van der Waals surface area (Å²) in [6.07, 6.45) is 0. The van der Waals surface area contributed by atoms with Gasteiger partial charge < -0.3 is 10.0 Å². The Kier molecular flexibility index (Phi) is 4.40. The first-order valence-corrected chi connectivity index (χ1v) is 9.68. The van der Waals surface area contributed by atoms with Crippen LogP contribution in [0.4, 0.5) is 0 Å². The van der Waals surface area contributed by atoms with Crippen molar-refractivity contribution in [3.8, 4) is 22.3 Å². The van der Waals surface area contributed by atoms with Gasteiger partial charge in [0.25, 0.3) is 0 Å². The van der Waals surface area contributed by atoms with E-state index < -0.39 is 7.12 Å². The first-order chi connectivity index (χ1) is 14.2. The maximum absolute atomic E-state index is 9.91. The quantitative estimate of drug-likeness (QED) is 0.344. The summed E-state index contributed by atoms with van der Waals surface area (Å²) in [4.78, 5) is 0. The molecule has 138 valence electrons. The predicted octanol–water partition coefficient (Wildman–Crippen LogP) is 5.01. The molecule has 2 nitrogen and oxygen atoms in total. The molecule has 2 N–H and O–H groups in total. The molecule has 3 heteroatoms. The molecule has 5 aromatic rings. The Labute approximate surface area is 169 Å².